The molecule has 2 N–H and O–H groups in total. The van der Waals surface area contributed by atoms with Gasteiger partial charge in [-0.05, 0) is 37.6 Å². The molecular formula is C15H24N2O3. The normalized spacial score (nSPS) is 10.3. The summed E-state index contributed by atoms with van der Waals surface area (Å²) in [5.74, 6) is -0.0510. The fourth-order valence-corrected chi connectivity index (χ4v) is 1.67. The predicted octanol–water partition coefficient (Wildman–Crippen LogP) is 1.90. The number of benzene rings is 1. The summed E-state index contributed by atoms with van der Waals surface area (Å²) in [7, 11) is 1.64. The van der Waals surface area contributed by atoms with Crippen molar-refractivity contribution in [1.82, 2.24) is 5.32 Å². The van der Waals surface area contributed by atoms with E-state index < -0.39 is 0 Å². The summed E-state index contributed by atoms with van der Waals surface area (Å²) in [6.45, 7) is 5.34. The van der Waals surface area contributed by atoms with Crippen LogP contribution >= 0.6 is 0 Å². The highest BCUT2D eigenvalue weighted by Gasteiger charge is 2.04. The summed E-state index contributed by atoms with van der Waals surface area (Å²) in [5.41, 5.74) is 1.70. The average Bonchev–Trinajstić information content (AvgIpc) is 2.47. The van der Waals surface area contributed by atoms with E-state index in [-0.39, 0.29) is 5.91 Å². The fourth-order valence-electron chi connectivity index (χ4n) is 1.67. The molecule has 1 aromatic rings. The van der Waals surface area contributed by atoms with E-state index in [2.05, 4.69) is 10.6 Å². The maximum atomic E-state index is 11.9. The SMILES string of the molecule is CCNc1ccc(C(=O)NCCCOCCOC)cc1. The van der Waals surface area contributed by atoms with Crippen molar-refractivity contribution in [3.63, 3.8) is 0 Å². The lowest BCUT2D eigenvalue weighted by molar-refractivity contribution is 0.0688. The van der Waals surface area contributed by atoms with E-state index in [1.807, 2.05) is 31.2 Å². The van der Waals surface area contributed by atoms with Gasteiger partial charge in [-0.3, -0.25) is 4.79 Å². The molecule has 0 fully saturated rings. The Morgan fingerprint density at radius 3 is 2.55 bits per heavy atom. The molecule has 0 bridgehead atoms. The van der Waals surface area contributed by atoms with Crippen LogP contribution in [-0.2, 0) is 9.47 Å². The molecule has 1 rings (SSSR count). The van der Waals surface area contributed by atoms with Crippen LogP contribution in [-0.4, -0.2) is 45.9 Å². The summed E-state index contributed by atoms with van der Waals surface area (Å²) >= 11 is 0. The number of nitrogens with one attached hydrogen (secondary N) is 2. The van der Waals surface area contributed by atoms with E-state index in [0.29, 0.717) is 31.9 Å². The number of carbonyl (C=O) groups is 1. The van der Waals surface area contributed by atoms with Crippen molar-refractivity contribution in [3.05, 3.63) is 29.8 Å². The van der Waals surface area contributed by atoms with E-state index >= 15 is 0 Å². The van der Waals surface area contributed by atoms with Crippen LogP contribution in [0.1, 0.15) is 23.7 Å². The van der Waals surface area contributed by atoms with Crippen molar-refractivity contribution in [2.24, 2.45) is 0 Å². The maximum Gasteiger partial charge on any atom is 0.251 e. The van der Waals surface area contributed by atoms with Crippen LogP contribution in [0.4, 0.5) is 5.69 Å². The van der Waals surface area contributed by atoms with Crippen LogP contribution in [0.25, 0.3) is 0 Å². The smallest absolute Gasteiger partial charge is 0.251 e. The molecule has 0 saturated carbocycles. The molecule has 20 heavy (non-hydrogen) atoms. The first-order valence-corrected chi connectivity index (χ1v) is 6.96. The van der Waals surface area contributed by atoms with E-state index in [0.717, 1.165) is 18.7 Å². The largest absolute Gasteiger partial charge is 0.385 e. The Morgan fingerprint density at radius 2 is 1.90 bits per heavy atom. The number of anilines is 1. The molecule has 0 aliphatic rings. The first-order chi connectivity index (χ1) is 9.77. The van der Waals surface area contributed by atoms with Crippen molar-refractivity contribution in [2.75, 3.05) is 45.3 Å². The predicted molar refractivity (Wildman–Crippen MR) is 80.3 cm³/mol. The summed E-state index contributed by atoms with van der Waals surface area (Å²) in [6, 6.07) is 7.46. The minimum atomic E-state index is -0.0510. The molecule has 0 aliphatic carbocycles. The van der Waals surface area contributed by atoms with Gasteiger partial charge in [0.2, 0.25) is 0 Å². The second-order valence-electron chi connectivity index (χ2n) is 4.32. The highest BCUT2D eigenvalue weighted by Crippen LogP contribution is 2.08. The van der Waals surface area contributed by atoms with Gasteiger partial charge in [-0.1, -0.05) is 0 Å². The monoisotopic (exact) mass is 280 g/mol. The number of rotatable bonds is 10. The lowest BCUT2D eigenvalue weighted by Crippen LogP contribution is -2.25. The standard InChI is InChI=1S/C15H24N2O3/c1-3-16-14-7-5-13(6-8-14)15(18)17-9-4-10-20-12-11-19-2/h5-8,16H,3-4,9-12H2,1-2H3,(H,17,18). The van der Waals surface area contributed by atoms with Crippen LogP contribution in [0, 0.1) is 0 Å². The molecule has 5 heteroatoms. The van der Waals surface area contributed by atoms with Gasteiger partial charge >= 0.3 is 0 Å². The highest BCUT2D eigenvalue weighted by molar-refractivity contribution is 5.94. The Balaban J connectivity index is 2.18. The van der Waals surface area contributed by atoms with Crippen LogP contribution in [0.5, 0.6) is 0 Å². The second-order valence-corrected chi connectivity index (χ2v) is 4.32. The molecular weight excluding hydrogens is 256 g/mol. The van der Waals surface area contributed by atoms with Crippen molar-refractivity contribution >= 4 is 11.6 Å². The number of hydrogen-bond donors (Lipinski definition) is 2. The Morgan fingerprint density at radius 1 is 1.15 bits per heavy atom. The summed E-state index contributed by atoms with van der Waals surface area (Å²) < 4.78 is 10.2. The summed E-state index contributed by atoms with van der Waals surface area (Å²) in [4.78, 5) is 11.9. The van der Waals surface area contributed by atoms with Crippen LogP contribution in [0.15, 0.2) is 24.3 Å². The lowest BCUT2D eigenvalue weighted by Gasteiger charge is -2.07. The maximum absolute atomic E-state index is 11.9. The van der Waals surface area contributed by atoms with Crippen molar-refractivity contribution in [2.45, 2.75) is 13.3 Å². The minimum absolute atomic E-state index is 0.0510. The van der Waals surface area contributed by atoms with Crippen molar-refractivity contribution in [1.29, 1.82) is 0 Å². The van der Waals surface area contributed by atoms with Crippen molar-refractivity contribution in [3.8, 4) is 0 Å². The molecule has 0 saturated heterocycles. The number of methoxy groups -OCH3 is 1. The van der Waals surface area contributed by atoms with Gasteiger partial charge in [0.05, 0.1) is 13.2 Å². The number of hydrogen-bond acceptors (Lipinski definition) is 4. The van der Waals surface area contributed by atoms with Gasteiger partial charge in [0.25, 0.3) is 5.91 Å². The molecule has 0 spiro atoms. The summed E-state index contributed by atoms with van der Waals surface area (Å²) in [6.07, 6.45) is 0.797. The van der Waals surface area contributed by atoms with Gasteiger partial charge in [0.1, 0.15) is 0 Å². The molecule has 1 amide bonds. The Hall–Kier alpha value is -1.59. The van der Waals surface area contributed by atoms with Gasteiger partial charge in [-0.25, -0.2) is 0 Å². The Bertz CT molecular complexity index is 379. The number of amides is 1. The summed E-state index contributed by atoms with van der Waals surface area (Å²) in [5, 5.41) is 6.06. The molecule has 0 atom stereocenters. The highest BCUT2D eigenvalue weighted by atomic mass is 16.5. The Kier molecular flexibility index (Phi) is 8.42. The van der Waals surface area contributed by atoms with Crippen LogP contribution < -0.4 is 10.6 Å². The van der Waals surface area contributed by atoms with Crippen molar-refractivity contribution < 1.29 is 14.3 Å². The fraction of sp³-hybridized carbons (Fsp3) is 0.533. The molecule has 0 radical (unpaired) electrons. The number of carbonyl (C=O) groups excluding carboxylic acids is 1. The van der Waals surface area contributed by atoms with E-state index in [1.165, 1.54) is 0 Å². The zero-order valence-corrected chi connectivity index (χ0v) is 12.3. The molecule has 0 unspecified atom stereocenters. The second kappa shape index (κ2) is 10.2. The molecule has 5 nitrogen and oxygen atoms in total. The van der Waals surface area contributed by atoms with Gasteiger partial charge < -0.3 is 20.1 Å². The first kappa shape index (κ1) is 16.5. The van der Waals surface area contributed by atoms with Crippen LogP contribution in [0.2, 0.25) is 0 Å². The zero-order valence-electron chi connectivity index (χ0n) is 12.3. The Labute approximate surface area is 120 Å². The van der Waals surface area contributed by atoms with Gasteiger partial charge in [0, 0.05) is 38.1 Å². The molecule has 0 heterocycles. The van der Waals surface area contributed by atoms with Gasteiger partial charge in [0.15, 0.2) is 0 Å². The molecule has 1 aromatic carbocycles. The molecule has 112 valence electrons. The van der Waals surface area contributed by atoms with Crippen LogP contribution in [0.3, 0.4) is 0 Å². The minimum Gasteiger partial charge on any atom is -0.385 e. The van der Waals surface area contributed by atoms with Gasteiger partial charge in [-0.15, -0.1) is 0 Å². The third-order valence-electron chi connectivity index (χ3n) is 2.71. The molecule has 0 aromatic heterocycles. The third kappa shape index (κ3) is 6.54. The van der Waals surface area contributed by atoms with E-state index in [9.17, 15) is 4.79 Å². The van der Waals surface area contributed by atoms with E-state index in [1.54, 1.807) is 7.11 Å². The van der Waals surface area contributed by atoms with Gasteiger partial charge in [-0.2, -0.15) is 0 Å². The first-order valence-electron chi connectivity index (χ1n) is 6.96. The topological polar surface area (TPSA) is 59.6 Å². The zero-order chi connectivity index (χ0) is 14.6. The van der Waals surface area contributed by atoms with E-state index in [4.69, 9.17) is 9.47 Å². The number of ether oxygens (including phenoxy) is 2. The third-order valence-corrected chi connectivity index (χ3v) is 2.71. The molecule has 0 aliphatic heterocycles. The quantitative estimate of drug-likeness (QED) is 0.643. The lowest BCUT2D eigenvalue weighted by atomic mass is 10.2. The average molecular weight is 280 g/mol.